The maximum Gasteiger partial charge on any atom is 0.407 e. The number of amides is 2. The maximum atomic E-state index is 12.8. The van der Waals surface area contributed by atoms with E-state index < -0.39 is 18.1 Å². The first-order valence-electron chi connectivity index (χ1n) is 12.0. The lowest BCUT2D eigenvalue weighted by molar-refractivity contribution is -0.140. The van der Waals surface area contributed by atoms with Gasteiger partial charge in [-0.1, -0.05) is 61.9 Å². The predicted molar refractivity (Wildman–Crippen MR) is 131 cm³/mol. The fraction of sp³-hybridized carbons (Fsp3) is 0.444. The highest BCUT2D eigenvalue weighted by Gasteiger charge is 2.30. The van der Waals surface area contributed by atoms with Crippen LogP contribution in [0.4, 0.5) is 4.79 Å². The molecule has 0 heterocycles. The standard InChI is InChI=1S/C27H34N2O5/c1-4-10-19(16-25(30)29(5-2)18(3)15-26(31)32)28-27(33)34-17-24-22-13-8-6-11-20(22)21-12-7-9-14-23(21)24/h6-9,11-14,18-19,24H,4-5,10,15-17H2,1-3H3,(H,28,33)(H,31,32)/t18?,19-/m0/s1. The summed E-state index contributed by atoms with van der Waals surface area (Å²) in [5, 5.41) is 11.9. The normalized spacial score (nSPS) is 14.0. The lowest BCUT2D eigenvalue weighted by Gasteiger charge is -2.29. The molecule has 34 heavy (non-hydrogen) atoms. The predicted octanol–water partition coefficient (Wildman–Crippen LogP) is 4.80. The molecule has 7 heteroatoms. The van der Waals surface area contributed by atoms with E-state index in [0.29, 0.717) is 13.0 Å². The Morgan fingerprint density at radius 1 is 1.00 bits per heavy atom. The van der Waals surface area contributed by atoms with Crippen LogP contribution in [0, 0.1) is 0 Å². The van der Waals surface area contributed by atoms with Crippen LogP contribution < -0.4 is 5.32 Å². The van der Waals surface area contributed by atoms with Gasteiger partial charge in [0.2, 0.25) is 5.91 Å². The number of nitrogens with one attached hydrogen (secondary N) is 1. The van der Waals surface area contributed by atoms with Gasteiger partial charge in [0, 0.05) is 31.0 Å². The SMILES string of the molecule is CCC[C@@H](CC(=O)N(CC)C(C)CC(=O)O)NC(=O)OCC1c2ccccc2-c2ccccc21. The molecule has 0 fully saturated rings. The highest BCUT2D eigenvalue weighted by Crippen LogP contribution is 2.44. The molecule has 2 atom stereocenters. The van der Waals surface area contributed by atoms with E-state index in [2.05, 4.69) is 29.6 Å². The number of rotatable bonds is 11. The minimum Gasteiger partial charge on any atom is -0.481 e. The highest BCUT2D eigenvalue weighted by molar-refractivity contribution is 5.80. The minimum atomic E-state index is -0.944. The summed E-state index contributed by atoms with van der Waals surface area (Å²) >= 11 is 0. The fourth-order valence-corrected chi connectivity index (χ4v) is 4.81. The number of nitrogens with zero attached hydrogens (tertiary/aromatic N) is 1. The molecule has 0 spiro atoms. The second kappa shape index (κ2) is 11.7. The quantitative estimate of drug-likeness (QED) is 0.496. The van der Waals surface area contributed by atoms with Gasteiger partial charge in [0.25, 0.3) is 0 Å². The van der Waals surface area contributed by atoms with E-state index >= 15 is 0 Å². The van der Waals surface area contributed by atoms with Crippen molar-refractivity contribution in [3.8, 4) is 11.1 Å². The number of benzene rings is 2. The van der Waals surface area contributed by atoms with Crippen LogP contribution in [0.25, 0.3) is 11.1 Å². The van der Waals surface area contributed by atoms with Crippen LogP contribution >= 0.6 is 0 Å². The number of carboxylic acids is 1. The average Bonchev–Trinajstić information content (AvgIpc) is 3.11. The number of hydrogen-bond donors (Lipinski definition) is 2. The van der Waals surface area contributed by atoms with Crippen molar-refractivity contribution in [3.05, 3.63) is 59.7 Å². The number of carbonyl (C=O) groups excluding carboxylic acids is 2. The number of fused-ring (bicyclic) bond motifs is 3. The Morgan fingerprint density at radius 3 is 2.12 bits per heavy atom. The van der Waals surface area contributed by atoms with Crippen molar-refractivity contribution in [1.29, 1.82) is 0 Å². The highest BCUT2D eigenvalue weighted by atomic mass is 16.5. The monoisotopic (exact) mass is 466 g/mol. The summed E-state index contributed by atoms with van der Waals surface area (Å²) in [5.41, 5.74) is 4.61. The number of aliphatic carboxylic acids is 1. The first kappa shape index (κ1) is 25.3. The second-order valence-electron chi connectivity index (χ2n) is 8.79. The van der Waals surface area contributed by atoms with Gasteiger partial charge in [-0.2, -0.15) is 0 Å². The zero-order chi connectivity index (χ0) is 24.7. The molecule has 0 aromatic heterocycles. The van der Waals surface area contributed by atoms with Gasteiger partial charge in [0.15, 0.2) is 0 Å². The fourth-order valence-electron chi connectivity index (χ4n) is 4.81. The van der Waals surface area contributed by atoms with Gasteiger partial charge >= 0.3 is 12.1 Å². The number of ether oxygens (including phenoxy) is 1. The van der Waals surface area contributed by atoms with Crippen LogP contribution in [0.5, 0.6) is 0 Å². The van der Waals surface area contributed by atoms with Crippen molar-refractivity contribution in [2.24, 2.45) is 0 Å². The van der Waals surface area contributed by atoms with Crippen molar-refractivity contribution in [1.82, 2.24) is 10.2 Å². The number of carboxylic acid groups (broad SMARTS) is 1. The molecule has 2 N–H and O–H groups in total. The zero-order valence-electron chi connectivity index (χ0n) is 20.1. The van der Waals surface area contributed by atoms with E-state index in [4.69, 9.17) is 9.84 Å². The molecule has 1 aliphatic rings. The van der Waals surface area contributed by atoms with Crippen molar-refractivity contribution in [3.63, 3.8) is 0 Å². The smallest absolute Gasteiger partial charge is 0.407 e. The molecule has 7 nitrogen and oxygen atoms in total. The summed E-state index contributed by atoms with van der Waals surface area (Å²) in [6, 6.07) is 15.5. The van der Waals surface area contributed by atoms with E-state index in [1.165, 1.54) is 0 Å². The van der Waals surface area contributed by atoms with Gasteiger partial charge in [-0.25, -0.2) is 4.79 Å². The van der Waals surface area contributed by atoms with Gasteiger partial charge < -0.3 is 20.1 Å². The Balaban J connectivity index is 1.61. The van der Waals surface area contributed by atoms with Gasteiger partial charge in [0.05, 0.1) is 6.42 Å². The van der Waals surface area contributed by atoms with Crippen LogP contribution in [0.15, 0.2) is 48.5 Å². The van der Waals surface area contributed by atoms with Crippen LogP contribution in [-0.2, 0) is 14.3 Å². The molecule has 0 saturated heterocycles. The summed E-state index contributed by atoms with van der Waals surface area (Å²) in [5.74, 6) is -1.15. The Kier molecular flexibility index (Phi) is 8.68. The Bertz CT molecular complexity index is 976. The van der Waals surface area contributed by atoms with Crippen molar-refractivity contribution in [2.45, 2.75) is 64.5 Å². The molecule has 1 aliphatic carbocycles. The second-order valence-corrected chi connectivity index (χ2v) is 8.79. The van der Waals surface area contributed by atoms with Crippen LogP contribution in [-0.4, -0.2) is 53.2 Å². The molecule has 0 bridgehead atoms. The lowest BCUT2D eigenvalue weighted by Crippen LogP contribution is -2.44. The van der Waals surface area contributed by atoms with Gasteiger partial charge in [0.1, 0.15) is 6.61 Å². The molecule has 2 amide bonds. The largest absolute Gasteiger partial charge is 0.481 e. The number of carbonyl (C=O) groups is 3. The molecular weight excluding hydrogens is 432 g/mol. The van der Waals surface area contributed by atoms with Crippen LogP contribution in [0.3, 0.4) is 0 Å². The first-order valence-corrected chi connectivity index (χ1v) is 12.0. The van der Waals surface area contributed by atoms with E-state index in [0.717, 1.165) is 28.7 Å². The van der Waals surface area contributed by atoms with Gasteiger partial charge in [-0.05, 0) is 42.5 Å². The molecule has 0 aliphatic heterocycles. The third kappa shape index (κ3) is 5.95. The molecule has 2 aromatic carbocycles. The third-order valence-corrected chi connectivity index (χ3v) is 6.39. The van der Waals surface area contributed by atoms with Gasteiger partial charge in [-0.15, -0.1) is 0 Å². The van der Waals surface area contributed by atoms with E-state index in [1.54, 1.807) is 11.8 Å². The molecule has 3 rings (SSSR count). The summed E-state index contributed by atoms with van der Waals surface area (Å²) in [7, 11) is 0. The summed E-state index contributed by atoms with van der Waals surface area (Å²) in [6.45, 7) is 6.16. The number of alkyl carbamates (subject to hydrolysis) is 1. The molecule has 0 radical (unpaired) electrons. The van der Waals surface area contributed by atoms with Crippen molar-refractivity contribution < 1.29 is 24.2 Å². The maximum absolute atomic E-state index is 12.8. The van der Waals surface area contributed by atoms with Crippen LogP contribution in [0.2, 0.25) is 0 Å². The van der Waals surface area contributed by atoms with E-state index in [-0.39, 0.29) is 37.3 Å². The Morgan fingerprint density at radius 2 is 1.59 bits per heavy atom. The van der Waals surface area contributed by atoms with Crippen LogP contribution in [0.1, 0.15) is 63.5 Å². The molecule has 1 unspecified atom stereocenters. The summed E-state index contributed by atoms with van der Waals surface area (Å²) in [4.78, 5) is 38.1. The van der Waals surface area contributed by atoms with Gasteiger partial charge in [-0.3, -0.25) is 9.59 Å². The summed E-state index contributed by atoms with van der Waals surface area (Å²) in [6.07, 6.45) is 0.863. The average molecular weight is 467 g/mol. The molecular formula is C27H34N2O5. The lowest BCUT2D eigenvalue weighted by atomic mass is 9.98. The molecule has 182 valence electrons. The Labute approximate surface area is 201 Å². The van der Waals surface area contributed by atoms with Crippen molar-refractivity contribution >= 4 is 18.0 Å². The Hall–Kier alpha value is -3.35. The third-order valence-electron chi connectivity index (χ3n) is 6.39. The van der Waals surface area contributed by atoms with E-state index in [9.17, 15) is 14.4 Å². The molecule has 2 aromatic rings. The topological polar surface area (TPSA) is 95.9 Å². The first-order chi connectivity index (χ1) is 16.3. The zero-order valence-corrected chi connectivity index (χ0v) is 20.1. The molecule has 0 saturated carbocycles. The van der Waals surface area contributed by atoms with Crippen molar-refractivity contribution in [2.75, 3.05) is 13.2 Å². The summed E-state index contributed by atoms with van der Waals surface area (Å²) < 4.78 is 5.63. The van der Waals surface area contributed by atoms with E-state index in [1.807, 2.05) is 38.1 Å². The number of hydrogen-bond acceptors (Lipinski definition) is 4. The minimum absolute atomic E-state index is 0.0307.